The minimum atomic E-state index is -4.43. The Balaban J connectivity index is 2.10. The molecule has 0 aliphatic carbocycles. The Kier molecular flexibility index (Phi) is 6.07. The maximum Gasteiger partial charge on any atom is 0.416 e. The van der Waals surface area contributed by atoms with Crippen LogP contribution in [-0.2, 0) is 17.4 Å². The number of benzene rings is 2. The van der Waals surface area contributed by atoms with Crippen molar-refractivity contribution in [1.29, 1.82) is 0 Å². The highest BCUT2D eigenvalue weighted by Crippen LogP contribution is 2.30. The number of ether oxygens (including phenoxy) is 1. The van der Waals surface area contributed by atoms with E-state index in [1.54, 1.807) is 6.07 Å². The lowest BCUT2D eigenvalue weighted by molar-refractivity contribution is -0.137. The molecular weight excluding hydrogens is 331 g/mol. The Hall–Kier alpha value is -2.50. The summed E-state index contributed by atoms with van der Waals surface area (Å²) in [7, 11) is 0. The van der Waals surface area contributed by atoms with Crippen LogP contribution in [0.3, 0.4) is 0 Å². The van der Waals surface area contributed by atoms with Gasteiger partial charge >= 0.3 is 6.18 Å². The number of amides is 1. The van der Waals surface area contributed by atoms with Crippen LogP contribution in [0.2, 0.25) is 0 Å². The molecule has 25 heavy (non-hydrogen) atoms. The van der Waals surface area contributed by atoms with Crippen molar-refractivity contribution in [2.45, 2.75) is 32.9 Å². The summed E-state index contributed by atoms with van der Waals surface area (Å²) in [6.07, 6.45) is -3.75. The Labute approximate surface area is 144 Å². The van der Waals surface area contributed by atoms with Crippen molar-refractivity contribution in [3.05, 3.63) is 59.2 Å². The van der Waals surface area contributed by atoms with Gasteiger partial charge < -0.3 is 10.1 Å². The molecule has 3 nitrogen and oxygen atoms in total. The molecule has 0 spiro atoms. The van der Waals surface area contributed by atoms with Gasteiger partial charge in [0.2, 0.25) is 5.91 Å². The van der Waals surface area contributed by atoms with Gasteiger partial charge in [-0.1, -0.05) is 31.2 Å². The lowest BCUT2D eigenvalue weighted by atomic mass is 10.1. The van der Waals surface area contributed by atoms with Crippen LogP contribution in [0, 0.1) is 6.92 Å². The number of anilines is 1. The molecule has 0 fully saturated rings. The molecular formula is C19H20F3NO2. The second kappa shape index (κ2) is 8.05. The van der Waals surface area contributed by atoms with Crippen LogP contribution in [0.15, 0.2) is 42.5 Å². The molecule has 0 aromatic heterocycles. The SMILES string of the molecule is CCCOc1cc(C)ccc1NC(=O)Cc1cccc(C(F)(F)F)c1. The van der Waals surface area contributed by atoms with Crippen LogP contribution >= 0.6 is 0 Å². The molecule has 0 heterocycles. The molecule has 1 N–H and O–H groups in total. The number of hydrogen-bond acceptors (Lipinski definition) is 2. The fourth-order valence-electron chi connectivity index (χ4n) is 2.30. The van der Waals surface area contributed by atoms with Crippen LogP contribution in [0.25, 0.3) is 0 Å². The molecule has 2 rings (SSSR count). The van der Waals surface area contributed by atoms with E-state index in [1.807, 2.05) is 26.0 Å². The van der Waals surface area contributed by atoms with Crippen molar-refractivity contribution in [1.82, 2.24) is 0 Å². The summed E-state index contributed by atoms with van der Waals surface area (Å²) in [5.74, 6) is 0.156. The zero-order valence-electron chi connectivity index (χ0n) is 14.1. The van der Waals surface area contributed by atoms with Gasteiger partial charge in [-0.3, -0.25) is 4.79 Å². The van der Waals surface area contributed by atoms with E-state index < -0.39 is 17.6 Å². The number of aryl methyl sites for hydroxylation is 1. The first kappa shape index (κ1) is 18.8. The number of nitrogens with one attached hydrogen (secondary N) is 1. The largest absolute Gasteiger partial charge is 0.491 e. The normalized spacial score (nSPS) is 11.2. The molecule has 2 aromatic carbocycles. The van der Waals surface area contributed by atoms with E-state index in [0.29, 0.717) is 23.6 Å². The Morgan fingerprint density at radius 1 is 1.16 bits per heavy atom. The van der Waals surface area contributed by atoms with Crippen molar-refractivity contribution in [2.24, 2.45) is 0 Å². The van der Waals surface area contributed by atoms with Gasteiger partial charge in [-0.25, -0.2) is 0 Å². The number of halogens is 3. The molecule has 0 aliphatic rings. The summed E-state index contributed by atoms with van der Waals surface area (Å²) < 4.78 is 43.9. The minimum Gasteiger partial charge on any atom is -0.491 e. The highest BCUT2D eigenvalue weighted by Gasteiger charge is 2.30. The third-order valence-electron chi connectivity index (χ3n) is 3.49. The number of carbonyl (C=O) groups excluding carboxylic acids is 1. The average Bonchev–Trinajstić information content (AvgIpc) is 2.54. The predicted molar refractivity (Wildman–Crippen MR) is 90.7 cm³/mol. The number of hydrogen-bond donors (Lipinski definition) is 1. The molecule has 0 saturated carbocycles. The lowest BCUT2D eigenvalue weighted by Gasteiger charge is -2.13. The third kappa shape index (κ3) is 5.52. The summed E-state index contributed by atoms with van der Waals surface area (Å²) in [5, 5.41) is 2.71. The maximum atomic E-state index is 12.7. The molecule has 0 saturated heterocycles. The van der Waals surface area contributed by atoms with Gasteiger partial charge in [0.05, 0.1) is 24.3 Å². The van der Waals surface area contributed by atoms with Crippen LogP contribution in [-0.4, -0.2) is 12.5 Å². The summed E-state index contributed by atoms with van der Waals surface area (Å²) in [4.78, 5) is 12.2. The molecule has 1 amide bonds. The van der Waals surface area contributed by atoms with E-state index in [1.165, 1.54) is 12.1 Å². The molecule has 0 aliphatic heterocycles. The van der Waals surface area contributed by atoms with Crippen molar-refractivity contribution in [2.75, 3.05) is 11.9 Å². The quantitative estimate of drug-likeness (QED) is 0.797. The molecule has 6 heteroatoms. The van der Waals surface area contributed by atoms with E-state index in [-0.39, 0.29) is 6.42 Å². The molecule has 0 bridgehead atoms. The minimum absolute atomic E-state index is 0.148. The van der Waals surface area contributed by atoms with Gasteiger partial charge in [-0.15, -0.1) is 0 Å². The third-order valence-corrected chi connectivity index (χ3v) is 3.49. The van der Waals surface area contributed by atoms with Crippen molar-refractivity contribution in [3.63, 3.8) is 0 Å². The first-order chi connectivity index (χ1) is 11.8. The molecule has 0 atom stereocenters. The number of rotatable bonds is 6. The van der Waals surface area contributed by atoms with Gasteiger partial charge in [0.1, 0.15) is 5.75 Å². The van der Waals surface area contributed by atoms with Crippen LogP contribution in [0.4, 0.5) is 18.9 Å². The van der Waals surface area contributed by atoms with Gasteiger partial charge in [-0.05, 0) is 42.7 Å². The first-order valence-corrected chi connectivity index (χ1v) is 7.99. The van der Waals surface area contributed by atoms with E-state index in [2.05, 4.69) is 5.32 Å². The Bertz CT molecular complexity index is 742. The Morgan fingerprint density at radius 2 is 1.92 bits per heavy atom. The van der Waals surface area contributed by atoms with E-state index in [0.717, 1.165) is 24.1 Å². The molecule has 2 aromatic rings. The van der Waals surface area contributed by atoms with Gasteiger partial charge in [0.15, 0.2) is 0 Å². The topological polar surface area (TPSA) is 38.3 Å². The standard InChI is InChI=1S/C19H20F3NO2/c1-3-9-25-17-10-13(2)7-8-16(17)23-18(24)12-14-5-4-6-15(11-14)19(20,21)22/h4-8,10-11H,3,9,12H2,1-2H3,(H,23,24). The second-order valence-corrected chi connectivity index (χ2v) is 5.77. The molecule has 134 valence electrons. The zero-order chi connectivity index (χ0) is 18.4. The lowest BCUT2D eigenvalue weighted by Crippen LogP contribution is -2.16. The first-order valence-electron chi connectivity index (χ1n) is 7.99. The summed E-state index contributed by atoms with van der Waals surface area (Å²) in [5.41, 5.74) is 1.04. The monoisotopic (exact) mass is 351 g/mol. The van der Waals surface area contributed by atoms with Crippen LogP contribution in [0.1, 0.15) is 30.0 Å². The van der Waals surface area contributed by atoms with Crippen LogP contribution in [0.5, 0.6) is 5.75 Å². The van der Waals surface area contributed by atoms with Gasteiger partial charge in [-0.2, -0.15) is 13.2 Å². The summed E-state index contributed by atoms with van der Waals surface area (Å²) in [6, 6.07) is 10.1. The van der Waals surface area contributed by atoms with E-state index in [9.17, 15) is 18.0 Å². The molecule has 0 radical (unpaired) electrons. The van der Waals surface area contributed by atoms with Gasteiger partial charge in [0.25, 0.3) is 0 Å². The zero-order valence-corrected chi connectivity index (χ0v) is 14.1. The van der Waals surface area contributed by atoms with Crippen molar-refractivity contribution < 1.29 is 22.7 Å². The number of alkyl halides is 3. The fraction of sp³-hybridized carbons (Fsp3) is 0.316. The summed E-state index contributed by atoms with van der Waals surface area (Å²) >= 11 is 0. The summed E-state index contributed by atoms with van der Waals surface area (Å²) in [6.45, 7) is 4.40. The fourth-order valence-corrected chi connectivity index (χ4v) is 2.30. The highest BCUT2D eigenvalue weighted by atomic mass is 19.4. The smallest absolute Gasteiger partial charge is 0.416 e. The second-order valence-electron chi connectivity index (χ2n) is 5.77. The van der Waals surface area contributed by atoms with Crippen LogP contribution < -0.4 is 10.1 Å². The van der Waals surface area contributed by atoms with E-state index >= 15 is 0 Å². The van der Waals surface area contributed by atoms with Crippen molar-refractivity contribution >= 4 is 11.6 Å². The average molecular weight is 351 g/mol. The predicted octanol–water partition coefficient (Wildman–Crippen LogP) is 4.98. The van der Waals surface area contributed by atoms with E-state index in [4.69, 9.17) is 4.74 Å². The molecule has 0 unspecified atom stereocenters. The highest BCUT2D eigenvalue weighted by molar-refractivity contribution is 5.93. The maximum absolute atomic E-state index is 12.7. The number of carbonyl (C=O) groups is 1. The van der Waals surface area contributed by atoms with Crippen molar-refractivity contribution in [3.8, 4) is 5.75 Å². The van der Waals surface area contributed by atoms with Gasteiger partial charge in [0, 0.05) is 0 Å². The Morgan fingerprint density at radius 3 is 2.60 bits per heavy atom.